The maximum atomic E-state index is 13.0. The Morgan fingerprint density at radius 1 is 0.667 bits per heavy atom. The Balaban J connectivity index is 4.66. The molecule has 0 aromatic carbocycles. The van der Waals surface area contributed by atoms with E-state index in [0.29, 0.717) is 25.8 Å². The zero-order valence-electron chi connectivity index (χ0n) is 19.6. The minimum absolute atomic E-state index is 0.0617. The molecule has 0 radical (unpaired) electrons. The van der Waals surface area contributed by atoms with Crippen LogP contribution in [0.1, 0.15) is 116 Å². The molecule has 30 heavy (non-hydrogen) atoms. The summed E-state index contributed by atoms with van der Waals surface area (Å²) in [5.41, 5.74) is 22.1. The van der Waals surface area contributed by atoms with Crippen LogP contribution >= 0.6 is 0 Å². The highest BCUT2D eigenvalue weighted by atomic mass is 16.1. The van der Waals surface area contributed by atoms with E-state index in [1.807, 2.05) is 0 Å². The van der Waals surface area contributed by atoms with E-state index in [4.69, 9.17) is 22.9 Å². The molecule has 0 spiro atoms. The first-order valence-electron chi connectivity index (χ1n) is 12.5. The summed E-state index contributed by atoms with van der Waals surface area (Å²) < 4.78 is 0. The number of hydrogen-bond acceptors (Lipinski definition) is 6. The molecule has 8 N–H and O–H groups in total. The predicted molar refractivity (Wildman–Crippen MR) is 127 cm³/mol. The highest BCUT2D eigenvalue weighted by Gasteiger charge is 2.40. The van der Waals surface area contributed by atoms with Crippen LogP contribution in [0, 0.1) is 5.92 Å². The maximum absolute atomic E-state index is 13.0. The van der Waals surface area contributed by atoms with Crippen LogP contribution in [-0.2, 0) is 9.59 Å². The van der Waals surface area contributed by atoms with Gasteiger partial charge in [-0.3, -0.25) is 9.59 Å². The zero-order chi connectivity index (χ0) is 22.7. The van der Waals surface area contributed by atoms with Crippen molar-refractivity contribution in [1.29, 1.82) is 0 Å². The Labute approximate surface area is 185 Å². The molecule has 0 amide bonds. The fraction of sp³-hybridized carbons (Fsp3) is 0.917. The van der Waals surface area contributed by atoms with Gasteiger partial charge in [-0.05, 0) is 45.2 Å². The van der Waals surface area contributed by atoms with E-state index in [0.717, 1.165) is 96.4 Å². The predicted octanol–water partition coefficient (Wildman–Crippen LogP) is 3.92. The van der Waals surface area contributed by atoms with Gasteiger partial charge in [0.05, 0.1) is 5.92 Å². The Bertz CT molecular complexity index is 441. The molecule has 0 fully saturated rings. The van der Waals surface area contributed by atoms with Crippen molar-refractivity contribution in [3.05, 3.63) is 0 Å². The molecular weight excluding hydrogens is 376 g/mol. The lowest BCUT2D eigenvalue weighted by atomic mass is 9.79. The lowest BCUT2D eigenvalue weighted by molar-refractivity contribution is -0.134. The van der Waals surface area contributed by atoms with E-state index in [-0.39, 0.29) is 11.6 Å². The van der Waals surface area contributed by atoms with Crippen molar-refractivity contribution >= 4 is 11.6 Å². The lowest BCUT2D eigenvalue weighted by Gasteiger charge is -2.32. The summed E-state index contributed by atoms with van der Waals surface area (Å²) >= 11 is 0. The SMILES string of the molecule is CCCCCCC(C(=O)CCCCCCCN)C(N)(N)C(=O)CCCCCCCN. The average molecular weight is 427 g/mol. The molecular formula is C24H50N4O2. The van der Waals surface area contributed by atoms with Crippen LogP contribution in [0.3, 0.4) is 0 Å². The lowest BCUT2D eigenvalue weighted by Crippen LogP contribution is -2.63. The number of hydrogen-bond donors (Lipinski definition) is 4. The number of carbonyl (C=O) groups excluding carboxylic acids is 2. The van der Waals surface area contributed by atoms with Crippen molar-refractivity contribution in [1.82, 2.24) is 0 Å². The summed E-state index contributed by atoms with van der Waals surface area (Å²) in [4.78, 5) is 25.8. The molecule has 1 atom stereocenters. The third-order valence-electron chi connectivity index (χ3n) is 6.03. The van der Waals surface area contributed by atoms with Gasteiger partial charge in [-0.15, -0.1) is 0 Å². The number of unbranched alkanes of at least 4 members (excludes halogenated alkanes) is 11. The van der Waals surface area contributed by atoms with Crippen molar-refractivity contribution in [3.8, 4) is 0 Å². The number of rotatable bonds is 22. The number of ketones is 2. The van der Waals surface area contributed by atoms with Crippen molar-refractivity contribution < 1.29 is 9.59 Å². The second kappa shape index (κ2) is 18.9. The molecule has 6 heteroatoms. The monoisotopic (exact) mass is 426 g/mol. The molecule has 0 aliphatic heterocycles. The van der Waals surface area contributed by atoms with Gasteiger partial charge in [0.15, 0.2) is 5.78 Å². The molecule has 0 aliphatic carbocycles. The molecule has 6 nitrogen and oxygen atoms in total. The van der Waals surface area contributed by atoms with Gasteiger partial charge in [0.25, 0.3) is 0 Å². The van der Waals surface area contributed by atoms with Crippen LogP contribution in [0.15, 0.2) is 0 Å². The van der Waals surface area contributed by atoms with Crippen molar-refractivity contribution in [2.75, 3.05) is 13.1 Å². The van der Waals surface area contributed by atoms with Crippen molar-refractivity contribution in [2.45, 2.75) is 122 Å². The maximum Gasteiger partial charge on any atom is 0.167 e. The molecule has 1 unspecified atom stereocenters. The van der Waals surface area contributed by atoms with Gasteiger partial charge in [-0.25, -0.2) is 0 Å². The van der Waals surface area contributed by atoms with Crippen LogP contribution in [-0.4, -0.2) is 30.3 Å². The summed E-state index contributed by atoms with van der Waals surface area (Å²) in [6.45, 7) is 3.58. The summed E-state index contributed by atoms with van der Waals surface area (Å²) in [7, 11) is 0. The fourth-order valence-electron chi connectivity index (χ4n) is 3.96. The van der Waals surface area contributed by atoms with Crippen molar-refractivity contribution in [3.63, 3.8) is 0 Å². The molecule has 0 saturated heterocycles. The first kappa shape index (κ1) is 29.2. The summed E-state index contributed by atoms with van der Waals surface area (Å²) in [5.74, 6) is -0.673. The smallest absolute Gasteiger partial charge is 0.167 e. The van der Waals surface area contributed by atoms with Crippen LogP contribution < -0.4 is 22.9 Å². The third kappa shape index (κ3) is 13.5. The summed E-state index contributed by atoms with van der Waals surface area (Å²) in [5, 5.41) is 0. The first-order valence-corrected chi connectivity index (χ1v) is 12.5. The second-order valence-corrected chi connectivity index (χ2v) is 8.84. The van der Waals surface area contributed by atoms with Gasteiger partial charge in [0, 0.05) is 12.8 Å². The van der Waals surface area contributed by atoms with Crippen LogP contribution in [0.4, 0.5) is 0 Å². The Hall–Kier alpha value is -0.820. The normalized spacial score (nSPS) is 12.8. The van der Waals surface area contributed by atoms with E-state index in [9.17, 15) is 9.59 Å². The van der Waals surface area contributed by atoms with E-state index < -0.39 is 11.6 Å². The van der Waals surface area contributed by atoms with E-state index in [1.54, 1.807) is 0 Å². The number of Topliss-reactive ketones (excluding diaryl/α,β-unsaturated/α-hetero) is 2. The molecule has 0 aliphatic rings. The molecule has 0 bridgehead atoms. The summed E-state index contributed by atoms with van der Waals surface area (Å²) in [6.07, 6.45) is 15.6. The Morgan fingerprint density at radius 2 is 1.13 bits per heavy atom. The van der Waals surface area contributed by atoms with Gasteiger partial charge < -0.3 is 22.9 Å². The Morgan fingerprint density at radius 3 is 1.67 bits per heavy atom. The van der Waals surface area contributed by atoms with Gasteiger partial charge in [-0.2, -0.15) is 0 Å². The summed E-state index contributed by atoms with van der Waals surface area (Å²) in [6, 6.07) is 0. The average Bonchev–Trinajstić information content (AvgIpc) is 2.72. The van der Waals surface area contributed by atoms with Crippen LogP contribution in [0.25, 0.3) is 0 Å². The quantitative estimate of drug-likeness (QED) is 0.153. The van der Waals surface area contributed by atoms with E-state index >= 15 is 0 Å². The van der Waals surface area contributed by atoms with E-state index in [1.165, 1.54) is 0 Å². The Kier molecular flexibility index (Phi) is 18.4. The largest absolute Gasteiger partial charge is 0.330 e. The second-order valence-electron chi connectivity index (χ2n) is 8.84. The minimum Gasteiger partial charge on any atom is -0.330 e. The molecule has 0 aromatic heterocycles. The van der Waals surface area contributed by atoms with Gasteiger partial charge >= 0.3 is 0 Å². The topological polar surface area (TPSA) is 138 Å². The van der Waals surface area contributed by atoms with Gasteiger partial charge in [-0.1, -0.05) is 71.1 Å². The number of carbonyl (C=O) groups is 2. The first-order chi connectivity index (χ1) is 14.4. The molecule has 0 heterocycles. The van der Waals surface area contributed by atoms with Crippen LogP contribution in [0.2, 0.25) is 0 Å². The molecule has 0 saturated carbocycles. The highest BCUT2D eigenvalue weighted by molar-refractivity contribution is 5.95. The van der Waals surface area contributed by atoms with Crippen molar-refractivity contribution in [2.24, 2.45) is 28.9 Å². The molecule has 0 rings (SSSR count). The highest BCUT2D eigenvalue weighted by Crippen LogP contribution is 2.24. The minimum atomic E-state index is -1.54. The fourth-order valence-corrected chi connectivity index (χ4v) is 3.96. The van der Waals surface area contributed by atoms with Gasteiger partial charge in [0.1, 0.15) is 11.4 Å². The van der Waals surface area contributed by atoms with Gasteiger partial charge in [0.2, 0.25) is 0 Å². The number of nitrogens with two attached hydrogens (primary N) is 4. The molecule has 0 aromatic rings. The zero-order valence-corrected chi connectivity index (χ0v) is 19.6. The van der Waals surface area contributed by atoms with Crippen LogP contribution in [0.5, 0.6) is 0 Å². The standard InChI is InChI=1S/C24H50N4O2/c1-2-3-4-11-16-21(22(29)17-12-7-5-9-14-19-25)24(27,28)23(30)18-13-8-6-10-15-20-26/h21H,2-20,25-28H2,1H3. The van der Waals surface area contributed by atoms with E-state index in [2.05, 4.69) is 6.92 Å². The third-order valence-corrected chi connectivity index (χ3v) is 6.03. The molecule has 178 valence electrons.